The number of aryl methyl sites for hydroxylation is 1. The van der Waals surface area contributed by atoms with E-state index in [2.05, 4.69) is 16.3 Å². The average Bonchev–Trinajstić information content (AvgIpc) is 3.54. The van der Waals surface area contributed by atoms with Crippen LogP contribution in [0.3, 0.4) is 0 Å². The number of aromatic nitrogens is 5. The van der Waals surface area contributed by atoms with E-state index in [4.69, 9.17) is 26.3 Å². The van der Waals surface area contributed by atoms with Gasteiger partial charge in [-0.3, -0.25) is 4.68 Å². The van der Waals surface area contributed by atoms with E-state index in [0.717, 1.165) is 29.5 Å². The first kappa shape index (κ1) is 20.7. The molecule has 0 N–H and O–H groups in total. The lowest BCUT2D eigenvalue weighted by molar-refractivity contribution is 0.00396. The fourth-order valence-corrected chi connectivity index (χ4v) is 4.67. The van der Waals surface area contributed by atoms with Crippen LogP contribution >= 0.6 is 11.6 Å². The van der Waals surface area contributed by atoms with Crippen molar-refractivity contribution in [1.29, 1.82) is 0 Å². The first-order valence-electron chi connectivity index (χ1n) is 11.3. The highest BCUT2D eigenvalue weighted by atomic mass is 35.5. The van der Waals surface area contributed by atoms with Gasteiger partial charge in [-0.2, -0.15) is 5.10 Å². The Labute approximate surface area is 195 Å². The third-order valence-corrected chi connectivity index (χ3v) is 6.70. The largest absolute Gasteiger partial charge is 0.373 e. The topological polar surface area (TPSA) is 65.7 Å². The summed E-state index contributed by atoms with van der Waals surface area (Å²) in [5, 5.41) is 5.59. The molecule has 4 heterocycles. The fraction of sp³-hybridized carbons (Fsp3) is 0.360. The van der Waals surface area contributed by atoms with Crippen molar-refractivity contribution in [3.63, 3.8) is 0 Å². The number of halogens is 2. The van der Waals surface area contributed by atoms with Crippen LogP contribution in [-0.4, -0.2) is 31.3 Å². The Morgan fingerprint density at radius 2 is 1.97 bits per heavy atom. The van der Waals surface area contributed by atoms with Crippen LogP contribution < -0.4 is 0 Å². The molecule has 0 unspecified atom stereocenters. The zero-order valence-electron chi connectivity index (χ0n) is 18.2. The SMILES string of the molecule is Cc1ccc2c(-c3ccc(Cl)cc3F)nc([C@@H]3CCO[C@H](c4cnn(C5CC5)c4)C3)nc2n1. The minimum atomic E-state index is -0.411. The molecule has 6 nitrogen and oxygen atoms in total. The molecule has 33 heavy (non-hydrogen) atoms. The van der Waals surface area contributed by atoms with E-state index >= 15 is 0 Å². The molecule has 1 saturated carbocycles. The molecule has 0 bridgehead atoms. The summed E-state index contributed by atoms with van der Waals surface area (Å²) in [6, 6.07) is 9.00. The maximum Gasteiger partial charge on any atom is 0.163 e. The highest BCUT2D eigenvalue weighted by molar-refractivity contribution is 6.30. The minimum Gasteiger partial charge on any atom is -0.373 e. The molecule has 0 radical (unpaired) electrons. The third kappa shape index (κ3) is 4.00. The Morgan fingerprint density at radius 1 is 1.09 bits per heavy atom. The van der Waals surface area contributed by atoms with Crippen LogP contribution in [0.1, 0.15) is 60.8 Å². The second-order valence-electron chi connectivity index (χ2n) is 8.94. The molecule has 0 amide bonds. The summed E-state index contributed by atoms with van der Waals surface area (Å²) >= 11 is 5.99. The van der Waals surface area contributed by atoms with Crippen molar-refractivity contribution in [2.75, 3.05) is 6.61 Å². The predicted molar refractivity (Wildman–Crippen MR) is 124 cm³/mol. The van der Waals surface area contributed by atoms with Gasteiger partial charge in [0.1, 0.15) is 11.6 Å². The molecule has 1 aliphatic heterocycles. The molecule has 2 atom stereocenters. The van der Waals surface area contributed by atoms with Crippen molar-refractivity contribution >= 4 is 22.6 Å². The van der Waals surface area contributed by atoms with Gasteiger partial charge in [0.15, 0.2) is 5.65 Å². The molecule has 1 aliphatic carbocycles. The second kappa shape index (κ2) is 8.15. The maximum atomic E-state index is 14.9. The summed E-state index contributed by atoms with van der Waals surface area (Å²) < 4.78 is 23.0. The van der Waals surface area contributed by atoms with Crippen molar-refractivity contribution in [3.05, 3.63) is 70.6 Å². The standard InChI is InChI=1S/C25H23ClFN5O/c1-14-2-6-20-23(19-7-3-17(26)11-21(19)27)30-24(31-25(20)29-14)15-8-9-33-22(10-15)16-12-28-32(13-16)18-4-5-18/h2-3,6-7,11-13,15,18,22H,4-5,8-10H2,1H3/t15-,22+/m1/s1. The van der Waals surface area contributed by atoms with Gasteiger partial charge < -0.3 is 4.74 Å². The third-order valence-electron chi connectivity index (χ3n) is 6.47. The van der Waals surface area contributed by atoms with Gasteiger partial charge in [0.25, 0.3) is 0 Å². The van der Waals surface area contributed by atoms with Crippen molar-refractivity contribution in [3.8, 4) is 11.3 Å². The van der Waals surface area contributed by atoms with Crippen molar-refractivity contribution < 1.29 is 9.13 Å². The Kier molecular flexibility index (Phi) is 5.11. The van der Waals surface area contributed by atoms with Crippen molar-refractivity contribution in [1.82, 2.24) is 24.7 Å². The number of hydrogen-bond acceptors (Lipinski definition) is 5. The smallest absolute Gasteiger partial charge is 0.163 e. The molecular formula is C25H23ClFN5O. The molecule has 4 aromatic rings. The van der Waals surface area contributed by atoms with Crippen LogP contribution in [0.25, 0.3) is 22.3 Å². The van der Waals surface area contributed by atoms with E-state index in [9.17, 15) is 4.39 Å². The molecule has 2 fully saturated rings. The highest BCUT2D eigenvalue weighted by Gasteiger charge is 2.31. The number of nitrogens with zero attached hydrogens (tertiary/aromatic N) is 5. The van der Waals surface area contributed by atoms with E-state index < -0.39 is 5.82 Å². The quantitative estimate of drug-likeness (QED) is 0.373. The molecule has 6 rings (SSSR count). The number of ether oxygens (including phenoxy) is 1. The van der Waals surface area contributed by atoms with Gasteiger partial charge in [0.05, 0.1) is 24.0 Å². The number of fused-ring (bicyclic) bond motifs is 1. The molecule has 1 saturated heterocycles. The van der Waals surface area contributed by atoms with Gasteiger partial charge in [-0.15, -0.1) is 0 Å². The number of pyridine rings is 1. The number of benzene rings is 1. The molecule has 0 spiro atoms. The zero-order valence-corrected chi connectivity index (χ0v) is 19.0. The van der Waals surface area contributed by atoms with E-state index in [1.165, 1.54) is 18.9 Å². The monoisotopic (exact) mass is 463 g/mol. The van der Waals surface area contributed by atoms with Crippen LogP contribution in [0.15, 0.2) is 42.7 Å². The molecular weight excluding hydrogens is 441 g/mol. The van der Waals surface area contributed by atoms with Crippen LogP contribution in [0, 0.1) is 12.7 Å². The summed E-state index contributed by atoms with van der Waals surface area (Å²) in [6.45, 7) is 2.53. The first-order chi connectivity index (χ1) is 16.0. The lowest BCUT2D eigenvalue weighted by atomic mass is 9.92. The van der Waals surface area contributed by atoms with Gasteiger partial charge in [-0.1, -0.05) is 11.6 Å². The molecule has 1 aromatic carbocycles. The zero-order chi connectivity index (χ0) is 22.5. The van der Waals surface area contributed by atoms with Crippen LogP contribution in [0.5, 0.6) is 0 Å². The van der Waals surface area contributed by atoms with E-state index in [1.807, 2.05) is 29.9 Å². The summed E-state index contributed by atoms with van der Waals surface area (Å²) in [6.07, 6.45) is 7.88. The fourth-order valence-electron chi connectivity index (χ4n) is 4.51. The highest BCUT2D eigenvalue weighted by Crippen LogP contribution is 2.40. The molecule has 8 heteroatoms. The van der Waals surface area contributed by atoms with Crippen molar-refractivity contribution in [2.45, 2.75) is 50.7 Å². The first-order valence-corrected chi connectivity index (χ1v) is 11.7. The van der Waals surface area contributed by atoms with Gasteiger partial charge in [0, 0.05) is 46.0 Å². The summed E-state index contributed by atoms with van der Waals surface area (Å²) in [5.41, 5.74) is 3.46. The molecule has 168 valence electrons. The van der Waals surface area contributed by atoms with Gasteiger partial charge in [0.2, 0.25) is 0 Å². The summed E-state index contributed by atoms with van der Waals surface area (Å²) in [4.78, 5) is 14.3. The van der Waals surface area contributed by atoms with E-state index in [0.29, 0.717) is 40.4 Å². The maximum absolute atomic E-state index is 14.9. The lowest BCUT2D eigenvalue weighted by Gasteiger charge is -2.28. The van der Waals surface area contributed by atoms with Crippen LogP contribution in [0.2, 0.25) is 5.02 Å². The molecule has 2 aliphatic rings. The van der Waals surface area contributed by atoms with Gasteiger partial charge >= 0.3 is 0 Å². The second-order valence-corrected chi connectivity index (χ2v) is 9.38. The van der Waals surface area contributed by atoms with E-state index in [-0.39, 0.29) is 12.0 Å². The average molecular weight is 464 g/mol. The molecule has 3 aromatic heterocycles. The number of hydrogen-bond donors (Lipinski definition) is 0. The van der Waals surface area contributed by atoms with Crippen LogP contribution in [0.4, 0.5) is 4.39 Å². The summed E-state index contributed by atoms with van der Waals surface area (Å²) in [5.74, 6) is 0.341. The van der Waals surface area contributed by atoms with E-state index in [1.54, 1.807) is 12.1 Å². The minimum absolute atomic E-state index is 0.0586. The Hall–Kier alpha value is -2.90. The summed E-state index contributed by atoms with van der Waals surface area (Å²) in [7, 11) is 0. The van der Waals surface area contributed by atoms with Gasteiger partial charge in [-0.05, 0) is 62.9 Å². The predicted octanol–water partition coefficient (Wildman–Crippen LogP) is 5.96. The van der Waals surface area contributed by atoms with Gasteiger partial charge in [-0.25, -0.2) is 19.3 Å². The Balaban J connectivity index is 1.39. The lowest BCUT2D eigenvalue weighted by Crippen LogP contribution is -2.20. The van der Waals surface area contributed by atoms with Crippen molar-refractivity contribution in [2.24, 2.45) is 0 Å². The normalized spacial score (nSPS) is 20.9. The Bertz CT molecular complexity index is 1350. The number of rotatable bonds is 4. The Morgan fingerprint density at radius 3 is 2.79 bits per heavy atom. The van der Waals surface area contributed by atoms with Crippen LogP contribution in [-0.2, 0) is 4.74 Å².